The van der Waals surface area contributed by atoms with Crippen molar-refractivity contribution in [2.24, 2.45) is 5.92 Å². The highest BCUT2D eigenvalue weighted by molar-refractivity contribution is 6.31. The van der Waals surface area contributed by atoms with Crippen LogP contribution >= 0.6 is 23.2 Å². The molecule has 142 valence electrons. The van der Waals surface area contributed by atoms with Gasteiger partial charge in [0.05, 0.1) is 12.1 Å². The second kappa shape index (κ2) is 10.0. The van der Waals surface area contributed by atoms with E-state index in [0.717, 1.165) is 18.5 Å². The number of methoxy groups -OCH3 is 1. The smallest absolute Gasteiger partial charge is 0.163 e. The average molecular weight is 400 g/mol. The first kappa shape index (κ1) is 20.8. The maximum atomic E-state index is 13.9. The van der Waals surface area contributed by atoms with Gasteiger partial charge >= 0.3 is 0 Å². The molecule has 3 nitrogen and oxygen atoms in total. The van der Waals surface area contributed by atoms with Gasteiger partial charge in [0.2, 0.25) is 0 Å². The molecule has 0 unspecified atom stereocenters. The van der Waals surface area contributed by atoms with Crippen LogP contribution in [0, 0.1) is 11.7 Å². The molecular formula is C20H24Cl2FNO2. The van der Waals surface area contributed by atoms with Crippen molar-refractivity contribution in [1.29, 1.82) is 0 Å². The number of rotatable bonds is 9. The maximum Gasteiger partial charge on any atom is 0.163 e. The van der Waals surface area contributed by atoms with Gasteiger partial charge in [0, 0.05) is 23.2 Å². The molecule has 0 saturated carbocycles. The SMILES string of the molecule is COc1cc(CNCCC(C)C)c(Cl)cc1OCc1c(F)cccc1Cl. The van der Waals surface area contributed by atoms with E-state index >= 15 is 0 Å². The first-order valence-corrected chi connectivity index (χ1v) is 9.30. The Morgan fingerprint density at radius 3 is 2.54 bits per heavy atom. The van der Waals surface area contributed by atoms with Crippen molar-refractivity contribution in [2.45, 2.75) is 33.4 Å². The lowest BCUT2D eigenvalue weighted by molar-refractivity contribution is 0.279. The van der Waals surface area contributed by atoms with Crippen molar-refractivity contribution in [1.82, 2.24) is 5.32 Å². The third kappa shape index (κ3) is 5.76. The Morgan fingerprint density at radius 2 is 1.88 bits per heavy atom. The third-order valence-corrected chi connectivity index (χ3v) is 4.69. The highest BCUT2D eigenvalue weighted by atomic mass is 35.5. The second-order valence-electron chi connectivity index (χ2n) is 6.44. The van der Waals surface area contributed by atoms with Gasteiger partial charge in [0.25, 0.3) is 0 Å². The summed E-state index contributed by atoms with van der Waals surface area (Å²) in [6.45, 7) is 5.92. The fraction of sp³-hybridized carbons (Fsp3) is 0.400. The monoisotopic (exact) mass is 399 g/mol. The number of ether oxygens (including phenoxy) is 2. The lowest BCUT2D eigenvalue weighted by Crippen LogP contribution is -2.16. The van der Waals surface area contributed by atoms with Crippen molar-refractivity contribution in [3.8, 4) is 11.5 Å². The molecule has 6 heteroatoms. The third-order valence-electron chi connectivity index (χ3n) is 3.98. The zero-order valence-corrected chi connectivity index (χ0v) is 16.8. The van der Waals surface area contributed by atoms with Crippen molar-refractivity contribution in [3.63, 3.8) is 0 Å². The van der Waals surface area contributed by atoms with Gasteiger partial charge in [-0.2, -0.15) is 0 Å². The van der Waals surface area contributed by atoms with E-state index in [1.165, 1.54) is 6.07 Å². The quantitative estimate of drug-likeness (QED) is 0.535. The Labute approximate surface area is 164 Å². The number of hydrogen-bond donors (Lipinski definition) is 1. The van der Waals surface area contributed by atoms with E-state index in [-0.39, 0.29) is 6.61 Å². The Hall–Kier alpha value is -1.49. The maximum absolute atomic E-state index is 13.9. The molecule has 0 spiro atoms. The first-order chi connectivity index (χ1) is 12.4. The van der Waals surface area contributed by atoms with Gasteiger partial charge in [-0.1, -0.05) is 43.1 Å². The van der Waals surface area contributed by atoms with E-state index in [1.807, 2.05) is 6.07 Å². The minimum absolute atomic E-state index is 0.00974. The van der Waals surface area contributed by atoms with Gasteiger partial charge in [0.15, 0.2) is 11.5 Å². The Balaban J connectivity index is 2.08. The molecule has 0 aliphatic rings. The van der Waals surface area contributed by atoms with Gasteiger partial charge in [-0.25, -0.2) is 4.39 Å². The van der Waals surface area contributed by atoms with E-state index in [2.05, 4.69) is 19.2 Å². The van der Waals surface area contributed by atoms with Gasteiger partial charge in [-0.15, -0.1) is 0 Å². The van der Waals surface area contributed by atoms with Crippen LogP contribution in [0.15, 0.2) is 30.3 Å². The number of benzene rings is 2. The van der Waals surface area contributed by atoms with Crippen LogP contribution in [0.3, 0.4) is 0 Å². The molecular weight excluding hydrogens is 376 g/mol. The van der Waals surface area contributed by atoms with Crippen molar-refractivity contribution >= 4 is 23.2 Å². The summed E-state index contributed by atoms with van der Waals surface area (Å²) in [5, 5.41) is 4.26. The number of halogens is 3. The van der Waals surface area contributed by atoms with Gasteiger partial charge < -0.3 is 14.8 Å². The summed E-state index contributed by atoms with van der Waals surface area (Å²) in [4.78, 5) is 0. The highest BCUT2D eigenvalue weighted by Gasteiger charge is 2.13. The Morgan fingerprint density at radius 1 is 1.12 bits per heavy atom. The molecule has 0 heterocycles. The molecule has 0 bridgehead atoms. The lowest BCUT2D eigenvalue weighted by atomic mass is 10.1. The molecule has 0 atom stereocenters. The normalized spacial score (nSPS) is 11.0. The predicted molar refractivity (Wildman–Crippen MR) is 105 cm³/mol. The largest absolute Gasteiger partial charge is 0.493 e. The Kier molecular flexibility index (Phi) is 8.01. The van der Waals surface area contributed by atoms with Crippen LogP contribution in [0.1, 0.15) is 31.4 Å². The first-order valence-electron chi connectivity index (χ1n) is 8.55. The van der Waals surface area contributed by atoms with Gasteiger partial charge in [-0.05, 0) is 42.6 Å². The van der Waals surface area contributed by atoms with Gasteiger partial charge in [0.1, 0.15) is 12.4 Å². The van der Waals surface area contributed by atoms with Crippen LogP contribution in [0.5, 0.6) is 11.5 Å². The summed E-state index contributed by atoms with van der Waals surface area (Å²) in [6.07, 6.45) is 1.10. The van der Waals surface area contributed by atoms with Crippen molar-refractivity contribution < 1.29 is 13.9 Å². The molecule has 2 aromatic rings. The second-order valence-corrected chi connectivity index (χ2v) is 7.26. The minimum atomic E-state index is -0.409. The van der Waals surface area contributed by atoms with E-state index in [1.54, 1.807) is 25.3 Å². The molecule has 0 radical (unpaired) electrons. The molecule has 1 N–H and O–H groups in total. The summed E-state index contributed by atoms with van der Waals surface area (Å²) in [6, 6.07) is 8.05. The summed E-state index contributed by atoms with van der Waals surface area (Å²) >= 11 is 12.4. The summed E-state index contributed by atoms with van der Waals surface area (Å²) in [7, 11) is 1.56. The molecule has 0 saturated heterocycles. The van der Waals surface area contributed by atoms with Crippen LogP contribution in [-0.4, -0.2) is 13.7 Å². The standard InChI is InChI=1S/C20H24Cl2FNO2/c1-13(2)7-8-24-11-14-9-19(25-3)20(10-17(14)22)26-12-15-16(21)5-4-6-18(15)23/h4-6,9-10,13,24H,7-8,11-12H2,1-3H3. The number of nitrogens with one attached hydrogen (secondary N) is 1. The molecule has 2 aromatic carbocycles. The fourth-order valence-electron chi connectivity index (χ4n) is 2.42. The lowest BCUT2D eigenvalue weighted by Gasteiger charge is -2.15. The van der Waals surface area contributed by atoms with E-state index in [9.17, 15) is 4.39 Å². The molecule has 0 fully saturated rings. The number of hydrogen-bond acceptors (Lipinski definition) is 3. The van der Waals surface area contributed by atoms with E-state index < -0.39 is 5.82 Å². The summed E-state index contributed by atoms with van der Waals surface area (Å²) in [5.74, 6) is 1.23. The predicted octanol–water partition coefficient (Wildman–Crippen LogP) is 5.86. The summed E-state index contributed by atoms with van der Waals surface area (Å²) in [5.41, 5.74) is 1.22. The summed E-state index contributed by atoms with van der Waals surface area (Å²) < 4.78 is 25.0. The van der Waals surface area contributed by atoms with Crippen molar-refractivity contribution in [2.75, 3.05) is 13.7 Å². The zero-order chi connectivity index (χ0) is 19.1. The topological polar surface area (TPSA) is 30.5 Å². The van der Waals surface area contributed by atoms with Crippen LogP contribution in [0.2, 0.25) is 10.0 Å². The molecule has 2 rings (SSSR count). The van der Waals surface area contributed by atoms with Crippen LogP contribution in [0.25, 0.3) is 0 Å². The molecule has 0 amide bonds. The van der Waals surface area contributed by atoms with Gasteiger partial charge in [-0.3, -0.25) is 0 Å². The van der Waals surface area contributed by atoms with E-state index in [0.29, 0.717) is 39.6 Å². The fourth-order valence-corrected chi connectivity index (χ4v) is 2.86. The zero-order valence-electron chi connectivity index (χ0n) is 15.2. The highest BCUT2D eigenvalue weighted by Crippen LogP contribution is 2.34. The minimum Gasteiger partial charge on any atom is -0.493 e. The van der Waals surface area contributed by atoms with Crippen LogP contribution < -0.4 is 14.8 Å². The Bertz CT molecular complexity index is 718. The van der Waals surface area contributed by atoms with Crippen LogP contribution in [-0.2, 0) is 13.2 Å². The molecule has 0 aromatic heterocycles. The van der Waals surface area contributed by atoms with Crippen LogP contribution in [0.4, 0.5) is 4.39 Å². The van der Waals surface area contributed by atoms with Crippen molar-refractivity contribution in [3.05, 3.63) is 57.3 Å². The van der Waals surface area contributed by atoms with E-state index in [4.69, 9.17) is 32.7 Å². The average Bonchev–Trinajstić information content (AvgIpc) is 2.59. The molecule has 0 aliphatic heterocycles. The molecule has 26 heavy (non-hydrogen) atoms. The molecule has 0 aliphatic carbocycles.